The molecule has 0 saturated heterocycles. The highest BCUT2D eigenvalue weighted by atomic mass is 15.2. The molecule has 0 amide bonds. The van der Waals surface area contributed by atoms with E-state index in [-0.39, 0.29) is 0 Å². The lowest BCUT2D eigenvalue weighted by atomic mass is 10.0. The van der Waals surface area contributed by atoms with Crippen molar-refractivity contribution < 1.29 is 0 Å². The van der Waals surface area contributed by atoms with E-state index in [4.69, 9.17) is 5.73 Å². The summed E-state index contributed by atoms with van der Waals surface area (Å²) in [7, 11) is 0. The number of nitrogens with one attached hydrogen (secondary N) is 2. The quantitative estimate of drug-likeness (QED) is 0.541. The predicted octanol–water partition coefficient (Wildman–Crippen LogP) is 3.11. The molecular formula is C17H14N6. The Morgan fingerprint density at radius 1 is 0.826 bits per heavy atom. The van der Waals surface area contributed by atoms with Crippen molar-refractivity contribution in [3.05, 3.63) is 60.9 Å². The zero-order valence-corrected chi connectivity index (χ0v) is 12.2. The normalized spacial score (nSPS) is 10.8. The highest BCUT2D eigenvalue weighted by molar-refractivity contribution is 5.69. The second-order valence-corrected chi connectivity index (χ2v) is 5.11. The lowest BCUT2D eigenvalue weighted by Crippen LogP contribution is -1.89. The molecule has 0 aliphatic heterocycles. The van der Waals surface area contributed by atoms with E-state index in [9.17, 15) is 0 Å². The minimum absolute atomic E-state index is 0.395. The molecule has 0 radical (unpaired) electrons. The Labute approximate surface area is 132 Å². The standard InChI is InChI=1S/C17H14N6/c18-15-14(19-10-20-15)17-21-16(22-23-17)13-8-6-12(7-9-13)11-4-2-1-3-5-11/h1-10H,18H2,(H,19,20)(H,21,22,23). The number of nitrogens with zero attached hydrogens (tertiary/aromatic N) is 3. The van der Waals surface area contributed by atoms with Gasteiger partial charge in [0.1, 0.15) is 5.69 Å². The molecule has 2 aromatic carbocycles. The van der Waals surface area contributed by atoms with Crippen LogP contribution in [0.3, 0.4) is 0 Å². The Morgan fingerprint density at radius 2 is 1.52 bits per heavy atom. The number of nitrogen functional groups attached to an aromatic ring is 1. The Balaban J connectivity index is 1.64. The zero-order chi connectivity index (χ0) is 15.6. The molecule has 2 aromatic heterocycles. The summed E-state index contributed by atoms with van der Waals surface area (Å²) < 4.78 is 0. The second kappa shape index (κ2) is 5.42. The summed E-state index contributed by atoms with van der Waals surface area (Å²) in [5, 5.41) is 7.13. The summed E-state index contributed by atoms with van der Waals surface area (Å²) in [5.74, 6) is 1.59. The van der Waals surface area contributed by atoms with Crippen LogP contribution in [0.4, 0.5) is 5.82 Å². The van der Waals surface area contributed by atoms with Crippen LogP contribution in [0, 0.1) is 0 Å². The van der Waals surface area contributed by atoms with E-state index in [1.807, 2.05) is 30.3 Å². The fourth-order valence-electron chi connectivity index (χ4n) is 2.44. The van der Waals surface area contributed by atoms with Crippen molar-refractivity contribution in [3.63, 3.8) is 0 Å². The van der Waals surface area contributed by atoms with Crippen molar-refractivity contribution >= 4 is 5.82 Å². The maximum atomic E-state index is 5.77. The van der Waals surface area contributed by atoms with Crippen LogP contribution in [0.1, 0.15) is 0 Å². The summed E-state index contributed by atoms with van der Waals surface area (Å²) in [6.07, 6.45) is 1.53. The van der Waals surface area contributed by atoms with Crippen molar-refractivity contribution in [1.82, 2.24) is 25.1 Å². The van der Waals surface area contributed by atoms with Crippen LogP contribution in [0.2, 0.25) is 0 Å². The van der Waals surface area contributed by atoms with Gasteiger partial charge in [-0.1, -0.05) is 54.6 Å². The Kier molecular flexibility index (Phi) is 3.12. The van der Waals surface area contributed by atoms with Crippen LogP contribution in [0.25, 0.3) is 34.0 Å². The summed E-state index contributed by atoms with van der Waals surface area (Å²) >= 11 is 0. The molecule has 2 heterocycles. The third-order valence-electron chi connectivity index (χ3n) is 3.64. The van der Waals surface area contributed by atoms with Crippen molar-refractivity contribution in [1.29, 1.82) is 0 Å². The number of H-pyrrole nitrogens is 2. The molecule has 0 spiro atoms. The molecule has 4 N–H and O–H groups in total. The first kappa shape index (κ1) is 13.3. The highest BCUT2D eigenvalue weighted by Crippen LogP contribution is 2.24. The molecular weight excluding hydrogens is 288 g/mol. The van der Waals surface area contributed by atoms with E-state index in [1.165, 1.54) is 11.9 Å². The smallest absolute Gasteiger partial charge is 0.181 e. The number of hydrogen-bond acceptors (Lipinski definition) is 4. The molecule has 0 aliphatic carbocycles. The first-order valence-electron chi connectivity index (χ1n) is 7.19. The minimum atomic E-state index is 0.395. The van der Waals surface area contributed by atoms with E-state index >= 15 is 0 Å². The number of rotatable bonds is 3. The third kappa shape index (κ3) is 2.46. The first-order chi connectivity index (χ1) is 11.3. The maximum Gasteiger partial charge on any atom is 0.181 e. The van der Waals surface area contributed by atoms with Crippen LogP contribution in [-0.2, 0) is 0 Å². The Hall–Kier alpha value is -3.41. The number of imidazole rings is 1. The number of hydrogen-bond donors (Lipinski definition) is 3. The number of nitrogens with two attached hydrogens (primary N) is 1. The summed E-state index contributed by atoms with van der Waals surface area (Å²) in [6, 6.07) is 18.4. The molecule has 0 atom stereocenters. The molecule has 4 rings (SSSR count). The summed E-state index contributed by atoms with van der Waals surface area (Å²) in [6.45, 7) is 0. The molecule has 0 aliphatic rings. The van der Waals surface area contributed by atoms with Gasteiger partial charge >= 0.3 is 0 Å². The second-order valence-electron chi connectivity index (χ2n) is 5.11. The molecule has 6 heteroatoms. The third-order valence-corrected chi connectivity index (χ3v) is 3.64. The Morgan fingerprint density at radius 3 is 2.22 bits per heavy atom. The fourth-order valence-corrected chi connectivity index (χ4v) is 2.44. The summed E-state index contributed by atoms with van der Waals surface area (Å²) in [4.78, 5) is 11.4. The highest BCUT2D eigenvalue weighted by Gasteiger charge is 2.11. The van der Waals surface area contributed by atoms with Crippen molar-refractivity contribution in [2.75, 3.05) is 5.73 Å². The lowest BCUT2D eigenvalue weighted by molar-refractivity contribution is 1.09. The Bertz CT molecular complexity index is 921. The van der Waals surface area contributed by atoms with Gasteiger partial charge in [-0.05, 0) is 11.1 Å². The SMILES string of the molecule is Nc1nc[nH]c1-c1nc(-c2ccc(-c3ccccc3)cc2)n[nH]1. The average molecular weight is 302 g/mol. The van der Waals surface area contributed by atoms with Gasteiger partial charge in [-0.15, -0.1) is 0 Å². The summed E-state index contributed by atoms with van der Waals surface area (Å²) in [5.41, 5.74) is 9.69. The average Bonchev–Trinajstić information content (AvgIpc) is 3.24. The maximum absolute atomic E-state index is 5.77. The van der Waals surface area contributed by atoms with Gasteiger partial charge in [0.2, 0.25) is 0 Å². The van der Waals surface area contributed by atoms with Crippen molar-refractivity contribution in [2.24, 2.45) is 0 Å². The van der Waals surface area contributed by atoms with Crippen molar-refractivity contribution in [3.8, 4) is 34.0 Å². The molecule has 0 fully saturated rings. The molecule has 0 unspecified atom stereocenters. The van der Waals surface area contributed by atoms with Gasteiger partial charge in [0, 0.05) is 5.56 Å². The topological polar surface area (TPSA) is 96.3 Å². The van der Waals surface area contributed by atoms with Gasteiger partial charge in [0.25, 0.3) is 0 Å². The van der Waals surface area contributed by atoms with E-state index in [0.717, 1.165) is 11.1 Å². The van der Waals surface area contributed by atoms with Crippen LogP contribution in [-0.4, -0.2) is 25.1 Å². The number of anilines is 1. The van der Waals surface area contributed by atoms with Gasteiger partial charge in [0.05, 0.1) is 6.33 Å². The monoisotopic (exact) mass is 302 g/mol. The fraction of sp³-hybridized carbons (Fsp3) is 0. The molecule has 4 aromatic rings. The van der Waals surface area contributed by atoms with E-state index < -0.39 is 0 Å². The molecule has 23 heavy (non-hydrogen) atoms. The van der Waals surface area contributed by atoms with E-state index in [0.29, 0.717) is 23.2 Å². The predicted molar refractivity (Wildman–Crippen MR) is 89.2 cm³/mol. The lowest BCUT2D eigenvalue weighted by Gasteiger charge is -2.02. The molecule has 112 valence electrons. The van der Waals surface area contributed by atoms with Crippen LogP contribution >= 0.6 is 0 Å². The van der Waals surface area contributed by atoms with Gasteiger partial charge in [0.15, 0.2) is 17.5 Å². The number of benzene rings is 2. The van der Waals surface area contributed by atoms with Gasteiger partial charge in [-0.25, -0.2) is 9.97 Å². The van der Waals surface area contributed by atoms with Gasteiger partial charge in [-0.2, -0.15) is 5.10 Å². The van der Waals surface area contributed by atoms with E-state index in [2.05, 4.69) is 49.4 Å². The number of aromatic amines is 2. The van der Waals surface area contributed by atoms with Crippen LogP contribution in [0.5, 0.6) is 0 Å². The zero-order valence-electron chi connectivity index (χ0n) is 12.2. The van der Waals surface area contributed by atoms with Gasteiger partial charge in [-0.3, -0.25) is 5.10 Å². The minimum Gasteiger partial charge on any atom is -0.382 e. The van der Waals surface area contributed by atoms with E-state index in [1.54, 1.807) is 0 Å². The van der Waals surface area contributed by atoms with Crippen molar-refractivity contribution in [2.45, 2.75) is 0 Å². The number of aromatic nitrogens is 5. The largest absolute Gasteiger partial charge is 0.382 e. The molecule has 0 saturated carbocycles. The molecule has 0 bridgehead atoms. The molecule has 6 nitrogen and oxygen atoms in total. The van der Waals surface area contributed by atoms with Gasteiger partial charge < -0.3 is 10.7 Å². The van der Waals surface area contributed by atoms with Crippen LogP contribution < -0.4 is 5.73 Å². The van der Waals surface area contributed by atoms with Crippen LogP contribution in [0.15, 0.2) is 60.9 Å². The first-order valence-corrected chi connectivity index (χ1v) is 7.19.